The van der Waals surface area contributed by atoms with Gasteiger partial charge in [0.15, 0.2) is 0 Å². The molecular weight excluding hydrogens is 242 g/mol. The maximum Gasteiger partial charge on any atom is 0.243 e. The monoisotopic (exact) mass is 267 g/mol. The van der Waals surface area contributed by atoms with Crippen LogP contribution >= 0.6 is 0 Å². The molecule has 0 aromatic carbocycles. The van der Waals surface area contributed by atoms with Crippen LogP contribution in [0.25, 0.3) is 0 Å². The van der Waals surface area contributed by atoms with Gasteiger partial charge in [0.1, 0.15) is 6.04 Å². The molecule has 0 spiro atoms. The highest BCUT2D eigenvalue weighted by Gasteiger charge is 2.37. The summed E-state index contributed by atoms with van der Waals surface area (Å²) in [6.07, 6.45) is 5.60. The van der Waals surface area contributed by atoms with Crippen LogP contribution in [-0.4, -0.2) is 41.4 Å². The lowest BCUT2D eigenvalue weighted by molar-refractivity contribution is -0.138. The molecule has 2 atom stereocenters. The molecule has 1 aliphatic rings. The Hall–Kier alpha value is -1.36. The molecule has 1 rings (SSSR count). The number of rotatable bonds is 5. The van der Waals surface area contributed by atoms with Crippen LogP contribution < -0.4 is 11.1 Å². The largest absolute Gasteiger partial charge is 0.352 e. The molecule has 5 heteroatoms. The molecule has 108 valence electrons. The predicted molar refractivity (Wildman–Crippen MR) is 75.4 cm³/mol. The lowest BCUT2D eigenvalue weighted by Crippen LogP contribution is -2.47. The van der Waals surface area contributed by atoms with Gasteiger partial charge in [0, 0.05) is 25.0 Å². The number of likely N-dealkylation sites (tertiary alicyclic amines) is 1. The number of amides is 2. The summed E-state index contributed by atoms with van der Waals surface area (Å²) in [7, 11) is 0. The highest BCUT2D eigenvalue weighted by atomic mass is 16.2. The second kappa shape index (κ2) is 7.28. The van der Waals surface area contributed by atoms with Gasteiger partial charge in [-0.15, -0.1) is 0 Å². The second-order valence-electron chi connectivity index (χ2n) is 5.30. The van der Waals surface area contributed by atoms with Crippen molar-refractivity contribution in [2.24, 2.45) is 5.73 Å². The summed E-state index contributed by atoms with van der Waals surface area (Å²) in [5.74, 6) is -0.127. The number of nitrogens with one attached hydrogen (secondary N) is 1. The Kier molecular flexibility index (Phi) is 6.02. The molecule has 0 unspecified atom stereocenters. The molecule has 1 fully saturated rings. The van der Waals surface area contributed by atoms with Crippen LogP contribution in [0.1, 0.15) is 40.0 Å². The van der Waals surface area contributed by atoms with Crippen molar-refractivity contribution in [2.45, 2.75) is 58.2 Å². The van der Waals surface area contributed by atoms with E-state index in [-0.39, 0.29) is 23.9 Å². The number of allylic oxidation sites excluding steroid dienone is 1. The molecule has 19 heavy (non-hydrogen) atoms. The highest BCUT2D eigenvalue weighted by Crippen LogP contribution is 2.18. The Bertz CT molecular complexity index is 353. The van der Waals surface area contributed by atoms with E-state index in [0.29, 0.717) is 19.4 Å². The smallest absolute Gasteiger partial charge is 0.243 e. The maximum atomic E-state index is 12.1. The fourth-order valence-corrected chi connectivity index (χ4v) is 2.24. The molecule has 1 aliphatic heterocycles. The Balaban J connectivity index is 2.65. The van der Waals surface area contributed by atoms with Gasteiger partial charge in [0.05, 0.1) is 0 Å². The van der Waals surface area contributed by atoms with Crippen LogP contribution in [0.15, 0.2) is 12.2 Å². The number of hydrogen-bond acceptors (Lipinski definition) is 3. The Morgan fingerprint density at radius 1 is 1.42 bits per heavy atom. The molecule has 0 saturated carbocycles. The first kappa shape index (κ1) is 15.7. The fourth-order valence-electron chi connectivity index (χ4n) is 2.24. The van der Waals surface area contributed by atoms with Gasteiger partial charge in [-0.05, 0) is 26.7 Å². The van der Waals surface area contributed by atoms with E-state index in [9.17, 15) is 9.59 Å². The van der Waals surface area contributed by atoms with Crippen LogP contribution in [0.4, 0.5) is 0 Å². The van der Waals surface area contributed by atoms with E-state index in [1.807, 2.05) is 32.9 Å². The first-order valence-electron chi connectivity index (χ1n) is 6.96. The van der Waals surface area contributed by atoms with Crippen LogP contribution in [0.2, 0.25) is 0 Å². The summed E-state index contributed by atoms with van der Waals surface area (Å²) in [5.41, 5.74) is 5.88. The summed E-state index contributed by atoms with van der Waals surface area (Å²) in [6.45, 7) is 6.30. The Labute approximate surface area is 115 Å². The molecule has 0 aromatic heterocycles. The minimum absolute atomic E-state index is 0.0263. The van der Waals surface area contributed by atoms with Gasteiger partial charge in [0.25, 0.3) is 0 Å². The normalized spacial score (nSPS) is 23.3. The third-order valence-corrected chi connectivity index (χ3v) is 3.08. The number of hydrogen-bond donors (Lipinski definition) is 2. The van der Waals surface area contributed by atoms with Crippen molar-refractivity contribution in [1.82, 2.24) is 10.2 Å². The first-order valence-corrected chi connectivity index (χ1v) is 6.96. The Morgan fingerprint density at radius 3 is 2.68 bits per heavy atom. The van der Waals surface area contributed by atoms with Gasteiger partial charge in [-0.3, -0.25) is 9.59 Å². The second-order valence-corrected chi connectivity index (χ2v) is 5.30. The summed E-state index contributed by atoms with van der Waals surface area (Å²) in [6, 6.07) is -0.455. The van der Waals surface area contributed by atoms with Gasteiger partial charge in [0.2, 0.25) is 11.8 Å². The van der Waals surface area contributed by atoms with Crippen molar-refractivity contribution < 1.29 is 9.59 Å². The van der Waals surface area contributed by atoms with Gasteiger partial charge in [-0.2, -0.15) is 0 Å². The summed E-state index contributed by atoms with van der Waals surface area (Å²) < 4.78 is 0. The van der Waals surface area contributed by atoms with E-state index in [0.717, 1.165) is 6.42 Å². The molecule has 5 nitrogen and oxygen atoms in total. The highest BCUT2D eigenvalue weighted by molar-refractivity contribution is 5.89. The average molecular weight is 267 g/mol. The molecule has 3 N–H and O–H groups in total. The van der Waals surface area contributed by atoms with Crippen LogP contribution in [-0.2, 0) is 9.59 Å². The average Bonchev–Trinajstić information content (AvgIpc) is 2.71. The zero-order valence-corrected chi connectivity index (χ0v) is 12.1. The quantitative estimate of drug-likeness (QED) is 0.723. The van der Waals surface area contributed by atoms with E-state index in [2.05, 4.69) is 5.32 Å². The van der Waals surface area contributed by atoms with Crippen molar-refractivity contribution in [2.75, 3.05) is 6.54 Å². The maximum absolute atomic E-state index is 12.1. The third kappa shape index (κ3) is 4.67. The van der Waals surface area contributed by atoms with Gasteiger partial charge in [-0.25, -0.2) is 0 Å². The first-order chi connectivity index (χ1) is 8.95. The summed E-state index contributed by atoms with van der Waals surface area (Å²) >= 11 is 0. The van der Waals surface area contributed by atoms with Crippen molar-refractivity contribution in [3.8, 4) is 0 Å². The van der Waals surface area contributed by atoms with Gasteiger partial charge in [-0.1, -0.05) is 19.1 Å². The molecule has 1 heterocycles. The third-order valence-electron chi connectivity index (χ3n) is 3.08. The minimum atomic E-state index is -0.417. The van der Waals surface area contributed by atoms with Crippen LogP contribution in [0.5, 0.6) is 0 Å². The topological polar surface area (TPSA) is 75.4 Å². The van der Waals surface area contributed by atoms with E-state index >= 15 is 0 Å². The van der Waals surface area contributed by atoms with Crippen LogP contribution in [0, 0.1) is 0 Å². The number of carbonyl (C=O) groups excluding carboxylic acids is 2. The van der Waals surface area contributed by atoms with Crippen molar-refractivity contribution in [3.63, 3.8) is 0 Å². The Morgan fingerprint density at radius 2 is 2.11 bits per heavy atom. The van der Waals surface area contributed by atoms with Crippen molar-refractivity contribution in [1.29, 1.82) is 0 Å². The lowest BCUT2D eigenvalue weighted by Gasteiger charge is -2.24. The molecule has 2 amide bonds. The van der Waals surface area contributed by atoms with Crippen LogP contribution in [0.3, 0.4) is 0 Å². The number of carbonyl (C=O) groups is 2. The number of nitrogens with two attached hydrogens (primary N) is 1. The van der Waals surface area contributed by atoms with E-state index in [1.54, 1.807) is 4.90 Å². The van der Waals surface area contributed by atoms with E-state index < -0.39 is 6.04 Å². The summed E-state index contributed by atoms with van der Waals surface area (Å²) in [4.78, 5) is 25.8. The molecule has 0 aromatic rings. The number of nitrogens with zero attached hydrogens (tertiary/aromatic N) is 1. The SMILES string of the molecule is CCC=CCC(=O)N1C[C@@H](N)C[C@H]1C(=O)NC(C)C. The molecular formula is C14H25N3O2. The minimum Gasteiger partial charge on any atom is -0.352 e. The van der Waals surface area contributed by atoms with E-state index in [1.165, 1.54) is 0 Å². The molecule has 0 bridgehead atoms. The predicted octanol–water partition coefficient (Wildman–Crippen LogP) is 0.796. The van der Waals surface area contributed by atoms with Gasteiger partial charge >= 0.3 is 0 Å². The molecule has 1 saturated heterocycles. The standard InChI is InChI=1S/C14H25N3O2/c1-4-5-6-7-13(18)17-9-11(15)8-12(17)14(19)16-10(2)3/h5-6,10-12H,4,7-9,15H2,1-3H3,(H,16,19)/t11-,12-/m0/s1. The summed E-state index contributed by atoms with van der Waals surface area (Å²) in [5, 5.41) is 2.85. The van der Waals surface area contributed by atoms with Crippen molar-refractivity contribution >= 4 is 11.8 Å². The molecule has 0 aliphatic carbocycles. The van der Waals surface area contributed by atoms with E-state index in [4.69, 9.17) is 5.73 Å². The zero-order chi connectivity index (χ0) is 14.4. The lowest BCUT2D eigenvalue weighted by atomic mass is 10.1. The zero-order valence-electron chi connectivity index (χ0n) is 12.1. The fraction of sp³-hybridized carbons (Fsp3) is 0.714. The van der Waals surface area contributed by atoms with Gasteiger partial charge < -0.3 is 16.0 Å². The van der Waals surface area contributed by atoms with Crippen molar-refractivity contribution in [3.05, 3.63) is 12.2 Å². The molecule has 0 radical (unpaired) electrons.